The second-order valence-corrected chi connectivity index (χ2v) is 8.20. The largest absolute Gasteiger partial charge is 0.447 e. The first kappa shape index (κ1) is 25.8. The van der Waals surface area contributed by atoms with Crippen molar-refractivity contribution in [2.75, 3.05) is 22.1 Å². The number of ether oxygens (including phenoxy) is 1. The zero-order valence-corrected chi connectivity index (χ0v) is 19.1. The molecule has 0 aliphatic carbocycles. The number of halogens is 3. The summed E-state index contributed by atoms with van der Waals surface area (Å²) in [6, 6.07) is 13.7. The highest BCUT2D eigenvalue weighted by Gasteiger charge is 2.31. The van der Waals surface area contributed by atoms with Crippen molar-refractivity contribution in [3.63, 3.8) is 0 Å². The molecule has 3 rings (SSSR count). The summed E-state index contributed by atoms with van der Waals surface area (Å²) in [4.78, 5) is 37.2. The quantitative estimate of drug-likeness (QED) is 0.408. The molecule has 2 N–H and O–H groups in total. The van der Waals surface area contributed by atoms with Gasteiger partial charge in [-0.05, 0) is 25.1 Å². The van der Waals surface area contributed by atoms with E-state index in [2.05, 4.69) is 15.8 Å². The van der Waals surface area contributed by atoms with Crippen LogP contribution in [0.4, 0.5) is 24.7 Å². The van der Waals surface area contributed by atoms with Crippen LogP contribution in [0.25, 0.3) is 0 Å². The molecule has 1 atom stereocenters. The van der Waals surface area contributed by atoms with E-state index in [-0.39, 0.29) is 23.0 Å². The smallest absolute Gasteiger partial charge is 0.416 e. The summed E-state index contributed by atoms with van der Waals surface area (Å²) in [7, 11) is 0. The van der Waals surface area contributed by atoms with Gasteiger partial charge in [-0.3, -0.25) is 14.4 Å². The summed E-state index contributed by atoms with van der Waals surface area (Å²) >= 11 is 0.951. The van der Waals surface area contributed by atoms with Crippen molar-refractivity contribution in [3.05, 3.63) is 77.6 Å². The molecule has 0 saturated heterocycles. The number of esters is 1. The number of thioether (sulfide) groups is 1. The van der Waals surface area contributed by atoms with Crippen LogP contribution in [0.3, 0.4) is 0 Å². The summed E-state index contributed by atoms with van der Waals surface area (Å²) < 4.78 is 49.1. The topological polar surface area (TPSA) is 111 Å². The van der Waals surface area contributed by atoms with E-state index in [1.54, 1.807) is 37.3 Å². The van der Waals surface area contributed by atoms with Crippen molar-refractivity contribution in [1.29, 1.82) is 0 Å². The van der Waals surface area contributed by atoms with Crippen LogP contribution in [0.1, 0.15) is 23.0 Å². The van der Waals surface area contributed by atoms with Gasteiger partial charge in [-0.2, -0.15) is 13.2 Å². The summed E-state index contributed by atoms with van der Waals surface area (Å²) in [5.74, 6) is -1.60. The maximum atomic E-state index is 13.0. The predicted molar refractivity (Wildman–Crippen MR) is 123 cm³/mol. The molecule has 1 aromatic heterocycles. The number of nitrogens with zero attached hydrogens (tertiary/aromatic N) is 1. The number of carbonyl (C=O) groups is 3. The van der Waals surface area contributed by atoms with Crippen molar-refractivity contribution in [1.82, 2.24) is 5.16 Å². The fourth-order valence-electron chi connectivity index (χ4n) is 2.88. The number of carbonyl (C=O) groups excluding carboxylic acids is 3. The summed E-state index contributed by atoms with van der Waals surface area (Å²) in [6.07, 6.45) is -5.99. The molecular formula is C23H20F3N3O5S. The third-order valence-electron chi connectivity index (χ3n) is 4.40. The molecule has 1 heterocycles. The van der Waals surface area contributed by atoms with Crippen LogP contribution in [0.15, 0.2) is 65.2 Å². The Morgan fingerprint density at radius 1 is 1.03 bits per heavy atom. The van der Waals surface area contributed by atoms with Crippen LogP contribution in [-0.4, -0.2) is 34.4 Å². The molecular weight excluding hydrogens is 487 g/mol. The molecule has 0 fully saturated rings. The van der Waals surface area contributed by atoms with Gasteiger partial charge in [-0.25, -0.2) is 0 Å². The van der Waals surface area contributed by atoms with Crippen molar-refractivity contribution in [3.8, 4) is 0 Å². The third-order valence-corrected chi connectivity index (χ3v) is 5.30. The van der Waals surface area contributed by atoms with E-state index < -0.39 is 35.6 Å². The lowest BCUT2D eigenvalue weighted by Crippen LogP contribution is -2.27. The van der Waals surface area contributed by atoms with E-state index in [0.29, 0.717) is 11.3 Å². The maximum absolute atomic E-state index is 13.0. The molecule has 2 amide bonds. The molecule has 0 bridgehead atoms. The van der Waals surface area contributed by atoms with Gasteiger partial charge in [-0.15, -0.1) is 11.8 Å². The Labute approximate surface area is 202 Å². The van der Waals surface area contributed by atoms with Gasteiger partial charge < -0.3 is 19.9 Å². The minimum atomic E-state index is -4.58. The highest BCUT2D eigenvalue weighted by molar-refractivity contribution is 8.00. The van der Waals surface area contributed by atoms with Gasteiger partial charge in [0.1, 0.15) is 5.76 Å². The SMILES string of the molecule is Cc1cc(NC(=O)CSCC(=O)O[C@@H](C(=O)Nc2cccc(C(F)(F)F)c2)c2ccccc2)no1. The van der Waals surface area contributed by atoms with Gasteiger partial charge in [0.2, 0.25) is 12.0 Å². The van der Waals surface area contributed by atoms with Crippen LogP contribution in [0.2, 0.25) is 0 Å². The zero-order chi connectivity index (χ0) is 25.4. The van der Waals surface area contributed by atoms with Crippen molar-refractivity contribution >= 4 is 41.1 Å². The lowest BCUT2D eigenvalue weighted by Gasteiger charge is -2.18. The maximum Gasteiger partial charge on any atom is 0.416 e. The predicted octanol–water partition coefficient (Wildman–Crippen LogP) is 4.60. The van der Waals surface area contributed by atoms with E-state index >= 15 is 0 Å². The minimum absolute atomic E-state index is 0.0898. The Kier molecular flexibility index (Phi) is 8.53. The van der Waals surface area contributed by atoms with E-state index in [0.717, 1.165) is 30.0 Å². The molecule has 12 heteroatoms. The molecule has 0 aliphatic rings. The van der Waals surface area contributed by atoms with Crippen molar-refractivity contribution < 1.29 is 36.8 Å². The van der Waals surface area contributed by atoms with Crippen LogP contribution in [-0.2, 0) is 25.3 Å². The van der Waals surface area contributed by atoms with E-state index in [1.807, 2.05) is 0 Å². The fraction of sp³-hybridized carbons (Fsp3) is 0.217. The molecule has 0 spiro atoms. The number of hydrogen-bond acceptors (Lipinski definition) is 7. The lowest BCUT2D eigenvalue weighted by atomic mass is 10.1. The molecule has 8 nitrogen and oxygen atoms in total. The van der Waals surface area contributed by atoms with Crippen LogP contribution in [0, 0.1) is 6.92 Å². The van der Waals surface area contributed by atoms with Gasteiger partial charge in [0.15, 0.2) is 5.82 Å². The number of nitrogens with one attached hydrogen (secondary N) is 2. The first-order chi connectivity index (χ1) is 16.6. The van der Waals surface area contributed by atoms with Crippen LogP contribution >= 0.6 is 11.8 Å². The molecule has 0 aliphatic heterocycles. The molecule has 35 heavy (non-hydrogen) atoms. The van der Waals surface area contributed by atoms with Gasteiger partial charge in [0.05, 0.1) is 17.1 Å². The summed E-state index contributed by atoms with van der Waals surface area (Å²) in [5, 5.41) is 8.49. The number of amides is 2. The average Bonchev–Trinajstić information content (AvgIpc) is 3.22. The molecule has 0 saturated carbocycles. The van der Waals surface area contributed by atoms with Gasteiger partial charge in [-0.1, -0.05) is 41.6 Å². The number of alkyl halides is 3. The Morgan fingerprint density at radius 3 is 2.43 bits per heavy atom. The number of hydrogen-bond donors (Lipinski definition) is 2. The Hall–Kier alpha value is -3.80. The second kappa shape index (κ2) is 11.6. The van der Waals surface area contributed by atoms with E-state index in [4.69, 9.17) is 9.26 Å². The molecule has 3 aromatic rings. The first-order valence-corrected chi connectivity index (χ1v) is 11.3. The molecule has 0 radical (unpaired) electrons. The Balaban J connectivity index is 1.60. The normalized spacial score (nSPS) is 12.0. The van der Waals surface area contributed by atoms with E-state index in [1.165, 1.54) is 12.1 Å². The minimum Gasteiger partial charge on any atom is -0.447 e. The molecule has 0 unspecified atom stereocenters. The van der Waals surface area contributed by atoms with Crippen molar-refractivity contribution in [2.45, 2.75) is 19.2 Å². The van der Waals surface area contributed by atoms with Gasteiger partial charge in [0, 0.05) is 17.3 Å². The van der Waals surface area contributed by atoms with Gasteiger partial charge >= 0.3 is 12.1 Å². The second-order valence-electron chi connectivity index (χ2n) is 7.21. The van der Waals surface area contributed by atoms with Gasteiger partial charge in [0.25, 0.3) is 5.91 Å². The van der Waals surface area contributed by atoms with E-state index in [9.17, 15) is 27.6 Å². The Bertz CT molecular complexity index is 1180. The molecule has 2 aromatic carbocycles. The average molecular weight is 507 g/mol. The highest BCUT2D eigenvalue weighted by atomic mass is 32.2. The summed E-state index contributed by atoms with van der Waals surface area (Å²) in [5.41, 5.74) is -0.704. The number of rotatable bonds is 9. The number of aromatic nitrogens is 1. The monoisotopic (exact) mass is 507 g/mol. The van der Waals surface area contributed by atoms with Crippen LogP contribution < -0.4 is 10.6 Å². The zero-order valence-electron chi connectivity index (χ0n) is 18.3. The van der Waals surface area contributed by atoms with Crippen molar-refractivity contribution in [2.24, 2.45) is 0 Å². The number of aryl methyl sites for hydroxylation is 1. The lowest BCUT2D eigenvalue weighted by molar-refractivity contribution is -0.152. The summed E-state index contributed by atoms with van der Waals surface area (Å²) in [6.45, 7) is 1.67. The Morgan fingerprint density at radius 2 is 1.77 bits per heavy atom. The first-order valence-electron chi connectivity index (χ1n) is 10.2. The fourth-order valence-corrected chi connectivity index (χ4v) is 3.47. The third kappa shape index (κ3) is 7.88. The van der Waals surface area contributed by atoms with Crippen LogP contribution in [0.5, 0.6) is 0 Å². The molecule has 184 valence electrons. The standard InChI is InChI=1S/C23H20F3N3O5S/c1-14-10-18(29-34-14)28-19(30)12-35-13-20(31)33-21(15-6-3-2-4-7-15)22(32)27-17-9-5-8-16(11-17)23(24,25)26/h2-11,21H,12-13H2,1H3,(H,27,32)(H,28,29,30)/t21-/m1/s1. The highest BCUT2D eigenvalue weighted by Crippen LogP contribution is 2.31. The number of benzene rings is 2. The number of anilines is 2.